The van der Waals surface area contributed by atoms with Gasteiger partial charge in [0.2, 0.25) is 0 Å². The monoisotopic (exact) mass is 202 g/mol. The molecule has 2 aromatic rings. The van der Waals surface area contributed by atoms with E-state index in [0.717, 1.165) is 10.8 Å². The zero-order chi connectivity index (χ0) is 8.72. The minimum atomic E-state index is -0.823. The summed E-state index contributed by atoms with van der Waals surface area (Å²) in [6, 6.07) is 2.68. The third kappa shape index (κ3) is 1.03. The van der Waals surface area contributed by atoms with Crippen LogP contribution >= 0.6 is 24.0 Å². The highest BCUT2D eigenvalue weighted by Gasteiger charge is 2.10. The zero-order valence-corrected chi connectivity index (χ0v) is 7.55. The average Bonchev–Trinajstić information content (AvgIpc) is 2.41. The highest BCUT2D eigenvalue weighted by molar-refractivity contribution is 7.80. The van der Waals surface area contributed by atoms with E-state index in [2.05, 4.69) is 12.6 Å². The molecule has 1 aromatic heterocycles. The minimum absolute atomic E-state index is 0.281. The lowest BCUT2D eigenvalue weighted by Crippen LogP contribution is -1.82. The summed E-state index contributed by atoms with van der Waals surface area (Å²) in [6.45, 7) is 0. The fraction of sp³-hybridized carbons (Fsp3) is 0. The Labute approximate surface area is 77.2 Å². The smallest absolute Gasteiger partial charge is 0.168 e. The van der Waals surface area contributed by atoms with E-state index in [1.807, 2.05) is 0 Å². The summed E-state index contributed by atoms with van der Waals surface area (Å²) in [4.78, 5) is 0.493. The molecule has 0 unspecified atom stereocenters. The van der Waals surface area contributed by atoms with Gasteiger partial charge in [-0.3, -0.25) is 0 Å². The van der Waals surface area contributed by atoms with Crippen LogP contribution in [-0.2, 0) is 0 Å². The summed E-state index contributed by atoms with van der Waals surface area (Å²) in [5.41, 5.74) is 0. The summed E-state index contributed by atoms with van der Waals surface area (Å²) < 4.78 is 26.5. The summed E-state index contributed by atoms with van der Waals surface area (Å²) in [7, 11) is 0. The van der Waals surface area contributed by atoms with Crippen molar-refractivity contribution < 1.29 is 8.78 Å². The molecular weight excluding hydrogens is 198 g/mol. The molecule has 12 heavy (non-hydrogen) atoms. The predicted octanol–water partition coefficient (Wildman–Crippen LogP) is 3.47. The topological polar surface area (TPSA) is 0 Å². The summed E-state index contributed by atoms with van der Waals surface area (Å²) >= 11 is 5.38. The van der Waals surface area contributed by atoms with Crippen molar-refractivity contribution in [3.05, 3.63) is 29.1 Å². The van der Waals surface area contributed by atoms with Crippen molar-refractivity contribution in [3.8, 4) is 0 Å². The first-order chi connectivity index (χ1) is 5.70. The Morgan fingerprint density at radius 2 is 2.00 bits per heavy atom. The van der Waals surface area contributed by atoms with Gasteiger partial charge in [-0.1, -0.05) is 0 Å². The molecule has 0 saturated carbocycles. The molecule has 1 heterocycles. The molecule has 0 aliphatic carbocycles. The van der Waals surface area contributed by atoms with Crippen LogP contribution in [0.15, 0.2) is 22.4 Å². The lowest BCUT2D eigenvalue weighted by molar-refractivity contribution is 0.516. The zero-order valence-electron chi connectivity index (χ0n) is 5.84. The largest absolute Gasteiger partial charge is 0.204 e. The SMILES string of the molecule is Fc1ccc2scc(S)c2c1F. The Hall–Kier alpha value is -0.610. The lowest BCUT2D eigenvalue weighted by atomic mass is 10.2. The Kier molecular flexibility index (Phi) is 1.81. The van der Waals surface area contributed by atoms with E-state index < -0.39 is 11.6 Å². The predicted molar refractivity (Wildman–Crippen MR) is 49.0 cm³/mol. The van der Waals surface area contributed by atoms with Gasteiger partial charge in [0.25, 0.3) is 0 Å². The van der Waals surface area contributed by atoms with Gasteiger partial charge >= 0.3 is 0 Å². The Morgan fingerprint density at radius 3 is 2.75 bits per heavy atom. The molecule has 0 N–H and O–H groups in total. The van der Waals surface area contributed by atoms with Crippen LogP contribution in [0.25, 0.3) is 10.1 Å². The van der Waals surface area contributed by atoms with Crippen molar-refractivity contribution in [3.63, 3.8) is 0 Å². The lowest BCUT2D eigenvalue weighted by Gasteiger charge is -1.94. The molecule has 0 nitrogen and oxygen atoms in total. The Morgan fingerprint density at radius 1 is 1.25 bits per heavy atom. The number of fused-ring (bicyclic) bond motifs is 1. The molecule has 0 spiro atoms. The number of rotatable bonds is 0. The molecule has 0 bridgehead atoms. The van der Waals surface area contributed by atoms with E-state index in [0.29, 0.717) is 4.90 Å². The first kappa shape index (κ1) is 8.01. The van der Waals surface area contributed by atoms with Gasteiger partial charge in [-0.25, -0.2) is 8.78 Å². The van der Waals surface area contributed by atoms with Crippen LogP contribution < -0.4 is 0 Å². The quantitative estimate of drug-likeness (QED) is 0.621. The molecule has 0 atom stereocenters. The maximum Gasteiger partial charge on any atom is 0.168 e. The van der Waals surface area contributed by atoms with E-state index in [-0.39, 0.29) is 5.39 Å². The normalized spacial score (nSPS) is 10.9. The van der Waals surface area contributed by atoms with Gasteiger partial charge in [0.15, 0.2) is 11.6 Å². The van der Waals surface area contributed by atoms with Crippen LogP contribution in [0.1, 0.15) is 0 Å². The number of hydrogen-bond donors (Lipinski definition) is 1. The fourth-order valence-electron chi connectivity index (χ4n) is 1.05. The highest BCUT2D eigenvalue weighted by atomic mass is 32.1. The van der Waals surface area contributed by atoms with Gasteiger partial charge in [-0.05, 0) is 12.1 Å². The molecule has 62 valence electrons. The van der Waals surface area contributed by atoms with Gasteiger partial charge in [-0.2, -0.15) is 0 Å². The van der Waals surface area contributed by atoms with Crippen molar-refractivity contribution in [2.75, 3.05) is 0 Å². The molecule has 0 amide bonds. The second-order valence-corrected chi connectivity index (χ2v) is 3.75. The maximum absolute atomic E-state index is 13.1. The average molecular weight is 202 g/mol. The van der Waals surface area contributed by atoms with Crippen LogP contribution in [0.5, 0.6) is 0 Å². The first-order valence-electron chi connectivity index (χ1n) is 3.24. The molecule has 0 fully saturated rings. The molecule has 0 aliphatic heterocycles. The highest BCUT2D eigenvalue weighted by Crippen LogP contribution is 2.31. The van der Waals surface area contributed by atoms with E-state index in [9.17, 15) is 8.78 Å². The van der Waals surface area contributed by atoms with Crippen LogP contribution in [0.2, 0.25) is 0 Å². The third-order valence-corrected chi connectivity index (χ3v) is 3.09. The standard InChI is InChI=1S/C8H4F2S2/c9-4-1-2-6-7(8(4)10)5(11)3-12-6/h1-3,11H. The van der Waals surface area contributed by atoms with Gasteiger partial charge in [0.05, 0.1) is 0 Å². The van der Waals surface area contributed by atoms with Crippen LogP contribution in [0.3, 0.4) is 0 Å². The van der Waals surface area contributed by atoms with Crippen molar-refractivity contribution in [2.45, 2.75) is 4.90 Å². The number of hydrogen-bond acceptors (Lipinski definition) is 2. The molecule has 0 saturated heterocycles. The third-order valence-electron chi connectivity index (χ3n) is 1.61. The second kappa shape index (κ2) is 2.71. The number of halogens is 2. The number of thiophene rings is 1. The van der Waals surface area contributed by atoms with Crippen molar-refractivity contribution in [2.24, 2.45) is 0 Å². The molecule has 0 radical (unpaired) electrons. The van der Waals surface area contributed by atoms with E-state index >= 15 is 0 Å². The van der Waals surface area contributed by atoms with Gasteiger partial charge < -0.3 is 0 Å². The maximum atomic E-state index is 13.1. The molecule has 2 rings (SSSR count). The van der Waals surface area contributed by atoms with Crippen LogP contribution in [0, 0.1) is 11.6 Å². The van der Waals surface area contributed by atoms with E-state index in [1.54, 1.807) is 11.4 Å². The summed E-state index contributed by atoms with van der Waals surface area (Å²) in [5.74, 6) is -1.63. The molecule has 0 aliphatic rings. The molecular formula is C8H4F2S2. The van der Waals surface area contributed by atoms with Gasteiger partial charge in [0.1, 0.15) is 0 Å². The van der Waals surface area contributed by atoms with E-state index in [4.69, 9.17) is 0 Å². The summed E-state index contributed by atoms with van der Waals surface area (Å²) in [5, 5.41) is 1.97. The number of thiol groups is 1. The second-order valence-electron chi connectivity index (χ2n) is 2.36. The Balaban J connectivity index is 2.96. The van der Waals surface area contributed by atoms with Crippen molar-refractivity contribution in [1.29, 1.82) is 0 Å². The van der Waals surface area contributed by atoms with Gasteiger partial charge in [-0.15, -0.1) is 24.0 Å². The number of benzene rings is 1. The first-order valence-corrected chi connectivity index (χ1v) is 4.57. The molecule has 4 heteroatoms. The summed E-state index contributed by atoms with van der Waals surface area (Å²) in [6.07, 6.45) is 0. The minimum Gasteiger partial charge on any atom is -0.204 e. The fourth-order valence-corrected chi connectivity index (χ4v) is 2.32. The molecule has 1 aromatic carbocycles. The van der Waals surface area contributed by atoms with Crippen molar-refractivity contribution >= 4 is 34.1 Å². The van der Waals surface area contributed by atoms with Crippen molar-refractivity contribution in [1.82, 2.24) is 0 Å². The van der Waals surface area contributed by atoms with Gasteiger partial charge in [0, 0.05) is 20.4 Å². The Bertz CT molecular complexity index is 434. The van der Waals surface area contributed by atoms with Crippen LogP contribution in [-0.4, -0.2) is 0 Å². The van der Waals surface area contributed by atoms with Crippen LogP contribution in [0.4, 0.5) is 8.78 Å². The van der Waals surface area contributed by atoms with E-state index in [1.165, 1.54) is 11.3 Å².